The normalized spacial score (nSPS) is 33.4. The lowest BCUT2D eigenvalue weighted by Gasteiger charge is -2.25. The van der Waals surface area contributed by atoms with E-state index < -0.39 is 0 Å². The number of ether oxygens (including phenoxy) is 1. The van der Waals surface area contributed by atoms with Crippen LogP contribution in [0.3, 0.4) is 0 Å². The van der Waals surface area contributed by atoms with Crippen molar-refractivity contribution in [2.75, 3.05) is 6.54 Å². The zero-order chi connectivity index (χ0) is 11.7. The van der Waals surface area contributed by atoms with Gasteiger partial charge in [-0.1, -0.05) is 19.8 Å². The highest BCUT2D eigenvalue weighted by molar-refractivity contribution is 4.93. The van der Waals surface area contributed by atoms with Gasteiger partial charge in [-0.3, -0.25) is 0 Å². The summed E-state index contributed by atoms with van der Waals surface area (Å²) in [5, 5.41) is 3.64. The van der Waals surface area contributed by atoms with E-state index in [2.05, 4.69) is 12.2 Å². The third-order valence-corrected chi connectivity index (χ3v) is 4.85. The molecular formula is C15H27NO. The minimum Gasteiger partial charge on any atom is -0.372 e. The van der Waals surface area contributed by atoms with Crippen LogP contribution in [0.1, 0.15) is 64.7 Å². The predicted molar refractivity (Wildman–Crippen MR) is 70.1 cm³/mol. The molecule has 0 aromatic heterocycles. The van der Waals surface area contributed by atoms with Crippen molar-refractivity contribution in [3.63, 3.8) is 0 Å². The molecule has 3 fully saturated rings. The lowest BCUT2D eigenvalue weighted by molar-refractivity contribution is -0.0433. The summed E-state index contributed by atoms with van der Waals surface area (Å²) in [6, 6.07) is 0.850. The van der Waals surface area contributed by atoms with Gasteiger partial charge in [0.05, 0.1) is 11.7 Å². The molecule has 1 heterocycles. The summed E-state index contributed by atoms with van der Waals surface area (Å²) in [5.74, 6) is 0.775. The molecule has 0 aromatic rings. The molecule has 0 amide bonds. The number of nitrogens with one attached hydrogen (secondary N) is 1. The molecule has 2 heteroatoms. The third kappa shape index (κ3) is 3.03. The zero-order valence-corrected chi connectivity index (χ0v) is 11.2. The van der Waals surface area contributed by atoms with Crippen LogP contribution in [-0.4, -0.2) is 24.3 Å². The first-order valence-corrected chi connectivity index (χ1v) is 7.67. The molecule has 0 radical (unpaired) electrons. The van der Waals surface area contributed by atoms with Gasteiger partial charge >= 0.3 is 0 Å². The third-order valence-electron chi connectivity index (χ3n) is 4.85. The van der Waals surface area contributed by atoms with Crippen LogP contribution in [0, 0.1) is 5.92 Å². The van der Waals surface area contributed by atoms with E-state index >= 15 is 0 Å². The molecule has 1 spiro atoms. The highest BCUT2D eigenvalue weighted by atomic mass is 16.5. The van der Waals surface area contributed by atoms with Crippen LogP contribution in [0.25, 0.3) is 0 Å². The van der Waals surface area contributed by atoms with Crippen molar-refractivity contribution < 1.29 is 4.74 Å². The molecule has 1 saturated heterocycles. The zero-order valence-electron chi connectivity index (χ0n) is 11.2. The lowest BCUT2D eigenvalue weighted by Crippen LogP contribution is -2.28. The van der Waals surface area contributed by atoms with Gasteiger partial charge in [0, 0.05) is 6.04 Å². The fraction of sp³-hybridized carbons (Fsp3) is 1.00. The monoisotopic (exact) mass is 237 g/mol. The van der Waals surface area contributed by atoms with Gasteiger partial charge in [0.15, 0.2) is 0 Å². The van der Waals surface area contributed by atoms with Crippen molar-refractivity contribution in [2.24, 2.45) is 5.92 Å². The van der Waals surface area contributed by atoms with Crippen molar-refractivity contribution in [1.82, 2.24) is 5.32 Å². The Morgan fingerprint density at radius 3 is 2.65 bits per heavy atom. The maximum atomic E-state index is 6.38. The molecule has 0 aromatic carbocycles. The highest BCUT2D eigenvalue weighted by Crippen LogP contribution is 2.44. The Hall–Kier alpha value is -0.0800. The van der Waals surface area contributed by atoms with Gasteiger partial charge in [0.1, 0.15) is 0 Å². The fourth-order valence-corrected chi connectivity index (χ4v) is 3.64. The van der Waals surface area contributed by atoms with Crippen molar-refractivity contribution in [3.05, 3.63) is 0 Å². The fourth-order valence-electron chi connectivity index (χ4n) is 3.64. The quantitative estimate of drug-likeness (QED) is 0.792. The van der Waals surface area contributed by atoms with E-state index in [0.717, 1.165) is 12.0 Å². The predicted octanol–water partition coefficient (Wildman–Crippen LogP) is 3.26. The van der Waals surface area contributed by atoms with Crippen LogP contribution < -0.4 is 5.32 Å². The molecule has 17 heavy (non-hydrogen) atoms. The molecule has 3 rings (SSSR count). The molecule has 1 aliphatic heterocycles. The lowest BCUT2D eigenvalue weighted by atomic mass is 9.96. The Balaban J connectivity index is 1.39. The molecule has 0 bridgehead atoms. The van der Waals surface area contributed by atoms with Crippen LogP contribution in [0.15, 0.2) is 0 Å². The first kappa shape index (κ1) is 12.0. The average Bonchev–Trinajstić information content (AvgIpc) is 2.92. The van der Waals surface area contributed by atoms with Crippen LogP contribution in [0.4, 0.5) is 0 Å². The van der Waals surface area contributed by atoms with Crippen molar-refractivity contribution >= 4 is 0 Å². The Labute approximate surface area is 105 Å². The standard InChI is InChI=1S/C15H27NO/c1-12(11-16-13-4-5-13)10-14-6-9-15(17-14)7-2-3-8-15/h12-14,16H,2-11H2,1H3. The van der Waals surface area contributed by atoms with Gasteiger partial charge in [-0.15, -0.1) is 0 Å². The van der Waals surface area contributed by atoms with Gasteiger partial charge in [0.2, 0.25) is 0 Å². The molecule has 2 aliphatic carbocycles. The molecule has 2 unspecified atom stereocenters. The minimum absolute atomic E-state index is 0.328. The second-order valence-electron chi connectivity index (χ2n) is 6.69. The summed E-state index contributed by atoms with van der Waals surface area (Å²) in [7, 11) is 0. The SMILES string of the molecule is CC(CNC1CC1)CC1CCC2(CCCC2)O1. The smallest absolute Gasteiger partial charge is 0.0687 e. The largest absolute Gasteiger partial charge is 0.372 e. The molecule has 2 atom stereocenters. The number of hydrogen-bond donors (Lipinski definition) is 1. The van der Waals surface area contributed by atoms with Crippen molar-refractivity contribution in [1.29, 1.82) is 0 Å². The van der Waals surface area contributed by atoms with Gasteiger partial charge in [-0.25, -0.2) is 0 Å². The Kier molecular flexibility index (Phi) is 3.45. The maximum absolute atomic E-state index is 6.38. The molecule has 2 nitrogen and oxygen atoms in total. The first-order valence-electron chi connectivity index (χ1n) is 7.67. The molecular weight excluding hydrogens is 210 g/mol. The van der Waals surface area contributed by atoms with Gasteiger partial charge in [-0.05, 0) is 57.4 Å². The average molecular weight is 237 g/mol. The molecule has 3 aliphatic rings. The highest BCUT2D eigenvalue weighted by Gasteiger charge is 2.42. The molecule has 98 valence electrons. The van der Waals surface area contributed by atoms with Crippen LogP contribution in [-0.2, 0) is 4.74 Å². The molecule has 1 N–H and O–H groups in total. The van der Waals surface area contributed by atoms with Crippen LogP contribution >= 0.6 is 0 Å². The van der Waals surface area contributed by atoms with Gasteiger partial charge in [0.25, 0.3) is 0 Å². The van der Waals surface area contributed by atoms with E-state index in [1.807, 2.05) is 0 Å². The van der Waals surface area contributed by atoms with Gasteiger partial charge in [-0.2, -0.15) is 0 Å². The Bertz CT molecular complexity index is 256. The molecule has 2 saturated carbocycles. The van der Waals surface area contributed by atoms with E-state index in [9.17, 15) is 0 Å². The summed E-state index contributed by atoms with van der Waals surface area (Å²) < 4.78 is 6.38. The van der Waals surface area contributed by atoms with E-state index in [-0.39, 0.29) is 0 Å². The Morgan fingerprint density at radius 1 is 1.18 bits per heavy atom. The van der Waals surface area contributed by atoms with Crippen LogP contribution in [0.2, 0.25) is 0 Å². The topological polar surface area (TPSA) is 21.3 Å². The first-order chi connectivity index (χ1) is 8.26. The van der Waals surface area contributed by atoms with Gasteiger partial charge < -0.3 is 10.1 Å². The van der Waals surface area contributed by atoms with Crippen LogP contribution in [0.5, 0.6) is 0 Å². The summed E-state index contributed by atoms with van der Waals surface area (Å²) >= 11 is 0. The second kappa shape index (κ2) is 4.89. The Morgan fingerprint density at radius 2 is 1.94 bits per heavy atom. The summed E-state index contributed by atoms with van der Waals surface area (Å²) in [6.07, 6.45) is 12.7. The van der Waals surface area contributed by atoms with E-state index in [4.69, 9.17) is 4.74 Å². The minimum atomic E-state index is 0.328. The maximum Gasteiger partial charge on any atom is 0.0687 e. The number of rotatable bonds is 5. The van der Waals surface area contributed by atoms with Crippen molar-refractivity contribution in [3.8, 4) is 0 Å². The summed E-state index contributed by atoms with van der Waals surface area (Å²) in [4.78, 5) is 0. The summed E-state index contributed by atoms with van der Waals surface area (Å²) in [5.41, 5.74) is 0.328. The number of hydrogen-bond acceptors (Lipinski definition) is 2. The van der Waals surface area contributed by atoms with E-state index in [1.54, 1.807) is 0 Å². The summed E-state index contributed by atoms with van der Waals surface area (Å²) in [6.45, 7) is 3.57. The second-order valence-corrected chi connectivity index (χ2v) is 6.69. The van der Waals surface area contributed by atoms with E-state index in [1.165, 1.54) is 64.3 Å². The van der Waals surface area contributed by atoms with E-state index in [0.29, 0.717) is 11.7 Å². The van der Waals surface area contributed by atoms with Crippen molar-refractivity contribution in [2.45, 2.75) is 82.5 Å².